The van der Waals surface area contributed by atoms with Crippen molar-refractivity contribution >= 4 is 5.97 Å². The molecule has 6 heteroatoms. The number of aliphatic hydroxyl groups is 1. The van der Waals surface area contributed by atoms with E-state index >= 15 is 0 Å². The third-order valence-electron chi connectivity index (χ3n) is 6.61. The number of hydrogen-bond donors (Lipinski definition) is 1. The lowest BCUT2D eigenvalue weighted by molar-refractivity contribution is -0.168. The van der Waals surface area contributed by atoms with Crippen molar-refractivity contribution in [3.05, 3.63) is 12.2 Å². The Labute approximate surface area is 126 Å². The molecule has 0 aromatic heterocycles. The topological polar surface area (TPSA) is 46.5 Å². The van der Waals surface area contributed by atoms with Crippen molar-refractivity contribution < 1.29 is 27.8 Å². The molecule has 8 unspecified atom stereocenters. The monoisotopic (exact) mass is 316 g/mol. The Kier molecular flexibility index (Phi) is 2.97. The van der Waals surface area contributed by atoms with Crippen LogP contribution in [0.3, 0.4) is 0 Å². The molecule has 0 saturated heterocycles. The fourth-order valence-corrected chi connectivity index (χ4v) is 5.96. The van der Waals surface area contributed by atoms with E-state index in [0.29, 0.717) is 23.7 Å². The lowest BCUT2D eigenvalue weighted by Crippen LogP contribution is -2.46. The summed E-state index contributed by atoms with van der Waals surface area (Å²) < 4.78 is 42.7. The van der Waals surface area contributed by atoms with Gasteiger partial charge in [0.15, 0.2) is 0 Å². The van der Waals surface area contributed by atoms with Crippen molar-refractivity contribution in [2.75, 3.05) is 0 Å². The summed E-state index contributed by atoms with van der Waals surface area (Å²) in [5.41, 5.74) is -1.49. The van der Waals surface area contributed by atoms with Crippen molar-refractivity contribution in [2.45, 2.75) is 44.1 Å². The molecule has 4 aliphatic rings. The number of alkyl halides is 3. The molecule has 0 radical (unpaired) electrons. The van der Waals surface area contributed by atoms with Crippen molar-refractivity contribution in [1.82, 2.24) is 0 Å². The quantitative estimate of drug-likeness (QED) is 0.484. The molecule has 0 amide bonds. The van der Waals surface area contributed by atoms with Gasteiger partial charge in [0.05, 0.1) is 6.10 Å². The van der Waals surface area contributed by atoms with Gasteiger partial charge in [-0.25, -0.2) is 4.79 Å². The second kappa shape index (κ2) is 4.49. The Balaban J connectivity index is 1.51. The molecule has 0 aromatic carbocycles. The van der Waals surface area contributed by atoms with Crippen molar-refractivity contribution in [3.63, 3.8) is 0 Å². The summed E-state index contributed by atoms with van der Waals surface area (Å²) in [7, 11) is 0. The molecule has 22 heavy (non-hydrogen) atoms. The first-order valence-corrected chi connectivity index (χ1v) is 7.94. The van der Waals surface area contributed by atoms with E-state index in [2.05, 4.69) is 6.58 Å². The average Bonchev–Trinajstić information content (AvgIpc) is 3.16. The van der Waals surface area contributed by atoms with E-state index in [-0.39, 0.29) is 11.8 Å². The highest BCUT2D eigenvalue weighted by atomic mass is 19.4. The van der Waals surface area contributed by atoms with Crippen LogP contribution in [0, 0.1) is 35.5 Å². The lowest BCUT2D eigenvalue weighted by Gasteiger charge is -2.40. The van der Waals surface area contributed by atoms with Gasteiger partial charge in [0.2, 0.25) is 0 Å². The molecule has 8 atom stereocenters. The average molecular weight is 316 g/mol. The van der Waals surface area contributed by atoms with E-state index in [9.17, 15) is 23.1 Å². The Bertz CT molecular complexity index is 529. The first kappa shape index (κ1) is 14.5. The van der Waals surface area contributed by atoms with E-state index in [1.54, 1.807) is 0 Å². The first-order valence-electron chi connectivity index (χ1n) is 7.94. The number of esters is 1. The summed E-state index contributed by atoms with van der Waals surface area (Å²) in [4.78, 5) is 11.7. The first-order chi connectivity index (χ1) is 10.3. The molecule has 0 spiro atoms. The van der Waals surface area contributed by atoms with Crippen LogP contribution in [0.15, 0.2) is 12.2 Å². The summed E-state index contributed by atoms with van der Waals surface area (Å²) in [6.07, 6.45) is -2.08. The summed E-state index contributed by atoms with van der Waals surface area (Å²) >= 11 is 0. The largest absolute Gasteiger partial charge is 0.456 e. The van der Waals surface area contributed by atoms with Gasteiger partial charge < -0.3 is 9.84 Å². The van der Waals surface area contributed by atoms with E-state index in [0.717, 1.165) is 6.42 Å². The van der Waals surface area contributed by atoms with Crippen LogP contribution in [0.5, 0.6) is 0 Å². The SMILES string of the molecule is C=C(C(=O)OC1C(O)C2CC1C1C3CCC(C3)C21)C(F)(F)F. The van der Waals surface area contributed by atoms with Crippen LogP contribution in [0.4, 0.5) is 13.2 Å². The van der Waals surface area contributed by atoms with Gasteiger partial charge in [-0.1, -0.05) is 6.58 Å². The Hall–Kier alpha value is -1.04. The van der Waals surface area contributed by atoms with E-state index in [1.807, 2.05) is 0 Å². The third kappa shape index (κ3) is 1.82. The maximum atomic E-state index is 12.5. The van der Waals surface area contributed by atoms with Gasteiger partial charge in [0.1, 0.15) is 11.7 Å². The van der Waals surface area contributed by atoms with Crippen LogP contribution in [0.1, 0.15) is 25.7 Å². The zero-order valence-electron chi connectivity index (χ0n) is 12.1. The summed E-state index contributed by atoms with van der Waals surface area (Å²) in [6.45, 7) is 2.78. The maximum Gasteiger partial charge on any atom is 0.422 e. The molecular formula is C16H19F3O3. The molecule has 122 valence electrons. The van der Waals surface area contributed by atoms with Gasteiger partial charge in [-0.05, 0) is 55.3 Å². The fraction of sp³-hybridized carbons (Fsp3) is 0.812. The molecule has 4 saturated carbocycles. The molecule has 3 nitrogen and oxygen atoms in total. The van der Waals surface area contributed by atoms with Crippen molar-refractivity contribution in [2.24, 2.45) is 35.5 Å². The predicted octanol–water partition coefficient (Wildman–Crippen LogP) is 2.69. The van der Waals surface area contributed by atoms with Gasteiger partial charge in [0, 0.05) is 5.92 Å². The smallest absolute Gasteiger partial charge is 0.422 e. The zero-order chi connectivity index (χ0) is 15.8. The highest BCUT2D eigenvalue weighted by molar-refractivity contribution is 5.89. The van der Waals surface area contributed by atoms with Crippen molar-refractivity contribution in [1.29, 1.82) is 0 Å². The van der Waals surface area contributed by atoms with E-state index in [1.165, 1.54) is 19.3 Å². The standard InChI is InChI=1S/C16H19F3O3/c1-6(16(17,18)19)15(21)22-14-10-5-9(13(14)20)11-7-2-3-8(4-7)12(10)11/h7-14,20H,1-5H2. The molecular weight excluding hydrogens is 297 g/mol. The number of halogens is 3. The second-order valence-electron chi connectivity index (χ2n) is 7.39. The fourth-order valence-electron chi connectivity index (χ4n) is 5.96. The molecule has 4 bridgehead atoms. The number of fused-ring (bicyclic) bond motifs is 9. The molecule has 4 rings (SSSR count). The third-order valence-corrected chi connectivity index (χ3v) is 6.61. The minimum Gasteiger partial charge on any atom is -0.456 e. The maximum absolute atomic E-state index is 12.5. The van der Waals surface area contributed by atoms with Crippen LogP contribution in [-0.4, -0.2) is 29.5 Å². The van der Waals surface area contributed by atoms with Crippen molar-refractivity contribution in [3.8, 4) is 0 Å². The number of ether oxygens (including phenoxy) is 1. The summed E-state index contributed by atoms with van der Waals surface area (Å²) in [6, 6.07) is 0. The molecule has 0 aromatic rings. The highest BCUT2D eigenvalue weighted by Gasteiger charge is 2.66. The van der Waals surface area contributed by atoms with Crippen LogP contribution < -0.4 is 0 Å². The van der Waals surface area contributed by atoms with E-state index in [4.69, 9.17) is 4.74 Å². The number of carbonyl (C=O) groups is 1. The van der Waals surface area contributed by atoms with Crippen LogP contribution in [-0.2, 0) is 9.53 Å². The lowest BCUT2D eigenvalue weighted by atomic mass is 9.69. The minimum absolute atomic E-state index is 0.0188. The molecule has 0 aliphatic heterocycles. The molecule has 1 N–H and O–H groups in total. The zero-order valence-corrected chi connectivity index (χ0v) is 12.1. The van der Waals surface area contributed by atoms with Crippen LogP contribution in [0.25, 0.3) is 0 Å². The number of hydrogen-bond acceptors (Lipinski definition) is 3. The predicted molar refractivity (Wildman–Crippen MR) is 70.5 cm³/mol. The van der Waals surface area contributed by atoms with Gasteiger partial charge >= 0.3 is 12.1 Å². The van der Waals surface area contributed by atoms with Gasteiger partial charge in [-0.15, -0.1) is 0 Å². The number of aliphatic hydroxyl groups excluding tert-OH is 1. The van der Waals surface area contributed by atoms with Gasteiger partial charge in [0.25, 0.3) is 0 Å². The minimum atomic E-state index is -4.78. The normalized spacial score (nSPS) is 48.5. The molecule has 0 heterocycles. The Morgan fingerprint density at radius 1 is 1.09 bits per heavy atom. The van der Waals surface area contributed by atoms with E-state index < -0.39 is 29.9 Å². The summed E-state index contributed by atoms with van der Waals surface area (Å²) in [5, 5.41) is 10.4. The number of carbonyl (C=O) groups excluding carboxylic acids is 1. The summed E-state index contributed by atoms with van der Waals surface area (Å²) in [5.74, 6) is 0.825. The van der Waals surface area contributed by atoms with Gasteiger partial charge in [-0.2, -0.15) is 13.2 Å². The van der Waals surface area contributed by atoms with Crippen LogP contribution >= 0.6 is 0 Å². The Morgan fingerprint density at radius 2 is 1.68 bits per heavy atom. The molecule has 4 aliphatic carbocycles. The highest BCUT2D eigenvalue weighted by Crippen LogP contribution is 2.67. The van der Waals surface area contributed by atoms with Crippen LogP contribution in [0.2, 0.25) is 0 Å². The molecule has 4 fully saturated rings. The second-order valence-corrected chi connectivity index (χ2v) is 7.39. The number of rotatable bonds is 2. The Morgan fingerprint density at radius 3 is 2.27 bits per heavy atom. The van der Waals surface area contributed by atoms with Gasteiger partial charge in [-0.3, -0.25) is 0 Å².